The molecule has 1 heterocycles. The van der Waals surface area contributed by atoms with Gasteiger partial charge < -0.3 is 10.2 Å². The summed E-state index contributed by atoms with van der Waals surface area (Å²) in [4.78, 5) is 14.7. The first-order valence-corrected chi connectivity index (χ1v) is 8.35. The van der Waals surface area contributed by atoms with Crippen LogP contribution in [0.15, 0.2) is 54.6 Å². The van der Waals surface area contributed by atoms with Crippen LogP contribution in [0.4, 0.5) is 5.69 Å². The second-order valence-electron chi connectivity index (χ2n) is 6.70. The van der Waals surface area contributed by atoms with Crippen LogP contribution in [-0.2, 0) is 11.2 Å². The normalized spacial score (nSPS) is 17.5. The SMILES string of the molecule is CN1C(=CC(=O)Nc2ccccc2Cl)c2ccccc2CC1(C)C. The summed E-state index contributed by atoms with van der Waals surface area (Å²) in [5.41, 5.74) is 3.86. The van der Waals surface area contributed by atoms with Crippen molar-refractivity contribution in [3.8, 4) is 0 Å². The van der Waals surface area contributed by atoms with E-state index in [1.807, 2.05) is 31.3 Å². The monoisotopic (exact) mass is 340 g/mol. The first-order chi connectivity index (χ1) is 11.4. The number of anilines is 1. The van der Waals surface area contributed by atoms with Gasteiger partial charge in [0.2, 0.25) is 0 Å². The summed E-state index contributed by atoms with van der Waals surface area (Å²) in [6.07, 6.45) is 2.60. The van der Waals surface area contributed by atoms with Gasteiger partial charge in [-0.2, -0.15) is 0 Å². The van der Waals surface area contributed by atoms with Gasteiger partial charge in [-0.15, -0.1) is 0 Å². The van der Waals surface area contributed by atoms with E-state index in [1.54, 1.807) is 18.2 Å². The molecule has 1 aliphatic heterocycles. The van der Waals surface area contributed by atoms with E-state index in [1.165, 1.54) is 5.56 Å². The van der Waals surface area contributed by atoms with Gasteiger partial charge in [0.1, 0.15) is 0 Å². The number of para-hydroxylation sites is 1. The Hall–Kier alpha value is -2.26. The maximum absolute atomic E-state index is 12.5. The molecule has 0 saturated carbocycles. The van der Waals surface area contributed by atoms with E-state index >= 15 is 0 Å². The van der Waals surface area contributed by atoms with Crippen molar-refractivity contribution < 1.29 is 4.79 Å². The summed E-state index contributed by atoms with van der Waals surface area (Å²) in [5, 5.41) is 3.39. The smallest absolute Gasteiger partial charge is 0.250 e. The Morgan fingerprint density at radius 1 is 1.17 bits per heavy atom. The number of hydrogen-bond acceptors (Lipinski definition) is 2. The molecule has 3 rings (SSSR count). The Morgan fingerprint density at radius 3 is 2.58 bits per heavy atom. The summed E-state index contributed by atoms with van der Waals surface area (Å²) in [5.74, 6) is -0.183. The van der Waals surface area contributed by atoms with Crippen LogP contribution in [-0.4, -0.2) is 23.4 Å². The number of carbonyl (C=O) groups is 1. The summed E-state index contributed by atoms with van der Waals surface area (Å²) >= 11 is 6.12. The summed E-state index contributed by atoms with van der Waals surface area (Å²) in [7, 11) is 2.03. The van der Waals surface area contributed by atoms with Crippen LogP contribution in [0, 0.1) is 0 Å². The molecule has 0 atom stereocenters. The first-order valence-electron chi connectivity index (χ1n) is 7.98. The van der Waals surface area contributed by atoms with Crippen molar-refractivity contribution >= 4 is 28.9 Å². The highest BCUT2D eigenvalue weighted by Gasteiger charge is 2.33. The van der Waals surface area contributed by atoms with E-state index in [2.05, 4.69) is 36.2 Å². The van der Waals surface area contributed by atoms with E-state index in [0.717, 1.165) is 17.7 Å². The van der Waals surface area contributed by atoms with Gasteiger partial charge in [0.15, 0.2) is 0 Å². The van der Waals surface area contributed by atoms with Gasteiger partial charge in [-0.25, -0.2) is 0 Å². The number of nitrogens with one attached hydrogen (secondary N) is 1. The predicted molar refractivity (Wildman–Crippen MR) is 100 cm³/mol. The fraction of sp³-hybridized carbons (Fsp3) is 0.250. The molecule has 2 aromatic carbocycles. The molecule has 1 amide bonds. The second-order valence-corrected chi connectivity index (χ2v) is 7.11. The Kier molecular flexibility index (Phi) is 4.37. The topological polar surface area (TPSA) is 32.3 Å². The Balaban J connectivity index is 1.96. The quantitative estimate of drug-likeness (QED) is 0.811. The van der Waals surface area contributed by atoms with Crippen LogP contribution >= 0.6 is 11.6 Å². The van der Waals surface area contributed by atoms with Gasteiger partial charge in [-0.05, 0) is 38.0 Å². The van der Waals surface area contributed by atoms with Crippen molar-refractivity contribution in [3.63, 3.8) is 0 Å². The largest absolute Gasteiger partial charge is 0.368 e. The Morgan fingerprint density at radius 2 is 1.83 bits per heavy atom. The van der Waals surface area contributed by atoms with Gasteiger partial charge in [-0.3, -0.25) is 4.79 Å². The number of fused-ring (bicyclic) bond motifs is 1. The number of amides is 1. The Labute approximate surface area is 147 Å². The van der Waals surface area contributed by atoms with Crippen molar-refractivity contribution in [2.75, 3.05) is 12.4 Å². The minimum atomic E-state index is -0.183. The van der Waals surface area contributed by atoms with Crippen molar-refractivity contribution in [1.82, 2.24) is 4.90 Å². The minimum absolute atomic E-state index is 0.0507. The highest BCUT2D eigenvalue weighted by Crippen LogP contribution is 2.36. The van der Waals surface area contributed by atoms with Crippen molar-refractivity contribution in [2.45, 2.75) is 25.8 Å². The molecule has 4 heteroatoms. The van der Waals surface area contributed by atoms with E-state index in [4.69, 9.17) is 11.6 Å². The average molecular weight is 341 g/mol. The molecule has 0 fully saturated rings. The number of halogens is 1. The first kappa shape index (κ1) is 16.6. The zero-order valence-electron chi connectivity index (χ0n) is 14.1. The van der Waals surface area contributed by atoms with E-state index < -0.39 is 0 Å². The third-order valence-electron chi connectivity index (χ3n) is 4.59. The fourth-order valence-corrected chi connectivity index (χ4v) is 3.23. The zero-order chi connectivity index (χ0) is 17.3. The molecule has 0 saturated heterocycles. The van der Waals surface area contributed by atoms with E-state index in [9.17, 15) is 4.79 Å². The zero-order valence-corrected chi connectivity index (χ0v) is 14.9. The lowest BCUT2D eigenvalue weighted by Crippen LogP contribution is -2.45. The lowest BCUT2D eigenvalue weighted by atomic mass is 9.84. The fourth-order valence-electron chi connectivity index (χ4n) is 3.05. The number of nitrogens with zero attached hydrogens (tertiary/aromatic N) is 1. The van der Waals surface area contributed by atoms with Crippen molar-refractivity contribution in [1.29, 1.82) is 0 Å². The maximum atomic E-state index is 12.5. The maximum Gasteiger partial charge on any atom is 0.250 e. The summed E-state index contributed by atoms with van der Waals surface area (Å²) < 4.78 is 0. The molecule has 1 aliphatic rings. The highest BCUT2D eigenvalue weighted by molar-refractivity contribution is 6.33. The molecule has 0 aromatic heterocycles. The lowest BCUT2D eigenvalue weighted by molar-refractivity contribution is -0.111. The average Bonchev–Trinajstić information content (AvgIpc) is 2.54. The molecule has 1 N–H and O–H groups in total. The molecular formula is C20H21ClN2O. The lowest BCUT2D eigenvalue weighted by Gasteiger charge is -2.44. The molecule has 2 aromatic rings. The summed E-state index contributed by atoms with van der Waals surface area (Å²) in [6.45, 7) is 4.37. The second kappa shape index (κ2) is 6.33. The third kappa shape index (κ3) is 3.17. The Bertz CT molecular complexity index is 811. The molecule has 124 valence electrons. The number of hydrogen-bond donors (Lipinski definition) is 1. The van der Waals surface area contributed by atoms with Crippen LogP contribution in [0.3, 0.4) is 0 Å². The highest BCUT2D eigenvalue weighted by atomic mass is 35.5. The van der Waals surface area contributed by atoms with E-state index in [0.29, 0.717) is 10.7 Å². The van der Waals surface area contributed by atoms with Crippen LogP contribution in [0.5, 0.6) is 0 Å². The number of carbonyl (C=O) groups excluding carboxylic acids is 1. The van der Waals surface area contributed by atoms with Crippen LogP contribution in [0.1, 0.15) is 25.0 Å². The molecule has 0 aliphatic carbocycles. The molecule has 3 nitrogen and oxygen atoms in total. The van der Waals surface area contributed by atoms with Crippen LogP contribution in [0.25, 0.3) is 5.70 Å². The molecule has 0 unspecified atom stereocenters. The van der Waals surface area contributed by atoms with Gasteiger partial charge in [0, 0.05) is 29.9 Å². The molecular weight excluding hydrogens is 320 g/mol. The molecule has 0 radical (unpaired) electrons. The number of benzene rings is 2. The van der Waals surface area contributed by atoms with Crippen molar-refractivity contribution in [3.05, 3.63) is 70.8 Å². The predicted octanol–water partition coefficient (Wildman–Crippen LogP) is 4.59. The van der Waals surface area contributed by atoms with Gasteiger partial charge >= 0.3 is 0 Å². The minimum Gasteiger partial charge on any atom is -0.368 e. The van der Waals surface area contributed by atoms with Gasteiger partial charge in [-0.1, -0.05) is 48.0 Å². The third-order valence-corrected chi connectivity index (χ3v) is 4.91. The molecule has 0 spiro atoms. The van der Waals surface area contributed by atoms with Crippen molar-refractivity contribution in [2.24, 2.45) is 0 Å². The number of rotatable bonds is 2. The molecule has 24 heavy (non-hydrogen) atoms. The van der Waals surface area contributed by atoms with Gasteiger partial charge in [0.05, 0.1) is 10.7 Å². The van der Waals surface area contributed by atoms with Gasteiger partial charge in [0.25, 0.3) is 5.91 Å². The van der Waals surface area contributed by atoms with Crippen LogP contribution < -0.4 is 5.32 Å². The number of likely N-dealkylation sites (N-methyl/N-ethyl adjacent to an activating group) is 1. The summed E-state index contributed by atoms with van der Waals surface area (Å²) in [6, 6.07) is 15.5. The van der Waals surface area contributed by atoms with Crippen LogP contribution in [0.2, 0.25) is 5.02 Å². The molecule has 0 bridgehead atoms. The van der Waals surface area contributed by atoms with E-state index in [-0.39, 0.29) is 11.4 Å². The standard InChI is InChI=1S/C20H21ClN2O/c1-20(2)13-14-8-4-5-9-15(14)18(23(20)3)12-19(24)22-17-11-7-6-10-16(17)21/h4-12H,13H2,1-3H3,(H,22,24).